The molecule has 1 unspecified atom stereocenters. The molecule has 0 aromatic heterocycles. The molecule has 7 heteroatoms. The number of hydrogen-bond donors (Lipinski definition) is 2. The van der Waals surface area contributed by atoms with Gasteiger partial charge in [0.1, 0.15) is 6.04 Å². The first kappa shape index (κ1) is 11.6. The van der Waals surface area contributed by atoms with Crippen LogP contribution in [0.2, 0.25) is 0 Å². The summed E-state index contributed by atoms with van der Waals surface area (Å²) in [7, 11) is 0. The molecule has 1 aromatic carbocycles. The Morgan fingerprint density at radius 1 is 1.42 bits per heavy atom. The molecule has 0 spiro atoms. The number of ether oxygens (including phenoxy) is 2. The number of fused-ring (bicyclic) bond motifs is 1. The molecule has 0 aliphatic carbocycles. The fourth-order valence-corrected chi connectivity index (χ4v) is 2.08. The second kappa shape index (κ2) is 4.34. The number of benzene rings is 1. The van der Waals surface area contributed by atoms with Gasteiger partial charge in [0.05, 0.1) is 6.54 Å². The van der Waals surface area contributed by atoms with Gasteiger partial charge in [0, 0.05) is 6.54 Å². The van der Waals surface area contributed by atoms with E-state index in [4.69, 9.17) is 9.47 Å². The zero-order chi connectivity index (χ0) is 13.4. The van der Waals surface area contributed by atoms with E-state index in [1.165, 1.54) is 0 Å². The largest absolute Gasteiger partial charge is 0.465 e. The molecule has 7 nitrogen and oxygen atoms in total. The molecule has 2 aliphatic heterocycles. The van der Waals surface area contributed by atoms with Gasteiger partial charge in [0.25, 0.3) is 0 Å². The van der Waals surface area contributed by atoms with Crippen LogP contribution in [0.15, 0.2) is 18.2 Å². The van der Waals surface area contributed by atoms with E-state index in [2.05, 4.69) is 5.32 Å². The van der Waals surface area contributed by atoms with Gasteiger partial charge in [0.2, 0.25) is 12.7 Å². The lowest BCUT2D eigenvalue weighted by Gasteiger charge is -2.34. The Bertz CT molecular complexity index is 545. The minimum Gasteiger partial charge on any atom is -0.465 e. The van der Waals surface area contributed by atoms with Crippen LogP contribution >= 0.6 is 0 Å². The fourth-order valence-electron chi connectivity index (χ4n) is 2.08. The van der Waals surface area contributed by atoms with Crippen molar-refractivity contribution < 1.29 is 24.2 Å². The van der Waals surface area contributed by atoms with Crippen molar-refractivity contribution >= 4 is 12.0 Å². The van der Waals surface area contributed by atoms with Crippen LogP contribution < -0.4 is 14.8 Å². The fraction of sp³-hybridized carbons (Fsp3) is 0.333. The molecule has 2 heterocycles. The van der Waals surface area contributed by atoms with E-state index >= 15 is 0 Å². The first-order chi connectivity index (χ1) is 9.15. The lowest BCUT2D eigenvalue weighted by Crippen LogP contribution is -2.62. The Kier molecular flexibility index (Phi) is 2.66. The van der Waals surface area contributed by atoms with Gasteiger partial charge >= 0.3 is 6.09 Å². The van der Waals surface area contributed by atoms with E-state index in [0.29, 0.717) is 18.0 Å². The Morgan fingerprint density at radius 2 is 2.21 bits per heavy atom. The number of hydrogen-bond acceptors (Lipinski definition) is 4. The van der Waals surface area contributed by atoms with Crippen molar-refractivity contribution in [2.24, 2.45) is 0 Å². The van der Waals surface area contributed by atoms with Crippen molar-refractivity contribution in [1.82, 2.24) is 10.2 Å². The predicted molar refractivity (Wildman–Crippen MR) is 62.9 cm³/mol. The first-order valence-electron chi connectivity index (χ1n) is 5.81. The molecular weight excluding hydrogens is 252 g/mol. The number of carbonyl (C=O) groups excluding carboxylic acids is 1. The van der Waals surface area contributed by atoms with Gasteiger partial charge in [-0.3, -0.25) is 9.69 Å². The van der Waals surface area contributed by atoms with Crippen LogP contribution in [0.4, 0.5) is 4.79 Å². The molecule has 1 atom stereocenters. The van der Waals surface area contributed by atoms with E-state index in [1.54, 1.807) is 18.2 Å². The monoisotopic (exact) mass is 264 g/mol. The number of nitrogens with one attached hydrogen (secondary N) is 1. The van der Waals surface area contributed by atoms with E-state index in [-0.39, 0.29) is 19.2 Å². The van der Waals surface area contributed by atoms with E-state index < -0.39 is 12.1 Å². The van der Waals surface area contributed by atoms with Gasteiger partial charge < -0.3 is 19.9 Å². The standard InChI is InChI=1S/C12H12N2O5/c15-11-8(4-13-11)14(12(16)17)5-7-1-2-9-10(3-7)19-6-18-9/h1-3,8H,4-6H2,(H,13,15)(H,16,17). The highest BCUT2D eigenvalue weighted by atomic mass is 16.7. The van der Waals surface area contributed by atoms with E-state index in [0.717, 1.165) is 10.5 Å². The van der Waals surface area contributed by atoms with Crippen molar-refractivity contribution in [2.45, 2.75) is 12.6 Å². The molecule has 3 rings (SSSR count). The van der Waals surface area contributed by atoms with Crippen LogP contribution in [-0.2, 0) is 11.3 Å². The summed E-state index contributed by atoms with van der Waals surface area (Å²) in [6, 6.07) is 4.62. The zero-order valence-corrected chi connectivity index (χ0v) is 9.96. The Morgan fingerprint density at radius 3 is 2.84 bits per heavy atom. The summed E-state index contributed by atoms with van der Waals surface area (Å²) in [6.45, 7) is 0.673. The molecule has 1 fully saturated rings. The average Bonchev–Trinajstić information content (AvgIpc) is 2.83. The van der Waals surface area contributed by atoms with Crippen LogP contribution in [0.5, 0.6) is 11.5 Å². The summed E-state index contributed by atoms with van der Waals surface area (Å²) in [4.78, 5) is 23.6. The molecule has 100 valence electrons. The lowest BCUT2D eigenvalue weighted by atomic mass is 10.1. The first-order valence-corrected chi connectivity index (χ1v) is 5.81. The maximum absolute atomic E-state index is 11.3. The highest BCUT2D eigenvalue weighted by Gasteiger charge is 2.36. The summed E-state index contributed by atoms with van der Waals surface area (Å²) in [5.74, 6) is 0.982. The van der Waals surface area contributed by atoms with Crippen LogP contribution in [0.25, 0.3) is 0 Å². The number of β-lactam (4-membered cyclic amide) rings is 1. The van der Waals surface area contributed by atoms with E-state index in [1.807, 2.05) is 0 Å². The number of amides is 2. The third kappa shape index (κ3) is 2.03. The van der Waals surface area contributed by atoms with Gasteiger partial charge in [-0.25, -0.2) is 4.79 Å². The molecule has 2 N–H and O–H groups in total. The van der Waals surface area contributed by atoms with Crippen molar-refractivity contribution in [3.8, 4) is 11.5 Å². The predicted octanol–water partition coefficient (Wildman–Crippen LogP) is 0.394. The average molecular weight is 264 g/mol. The lowest BCUT2D eigenvalue weighted by molar-refractivity contribution is -0.132. The summed E-state index contributed by atoms with van der Waals surface area (Å²) >= 11 is 0. The van der Waals surface area contributed by atoms with Crippen molar-refractivity contribution in [3.63, 3.8) is 0 Å². The Balaban J connectivity index is 1.78. The molecule has 2 aliphatic rings. The molecule has 19 heavy (non-hydrogen) atoms. The summed E-state index contributed by atoms with van der Waals surface area (Å²) in [5.41, 5.74) is 0.756. The molecule has 1 saturated heterocycles. The van der Waals surface area contributed by atoms with Gasteiger partial charge in [-0.15, -0.1) is 0 Å². The van der Waals surface area contributed by atoms with Crippen LogP contribution in [0.1, 0.15) is 5.56 Å². The molecule has 1 aromatic rings. The number of carbonyl (C=O) groups is 2. The smallest absolute Gasteiger partial charge is 0.408 e. The van der Waals surface area contributed by atoms with Gasteiger partial charge in [-0.1, -0.05) is 6.07 Å². The number of nitrogens with zero attached hydrogens (tertiary/aromatic N) is 1. The van der Waals surface area contributed by atoms with E-state index in [9.17, 15) is 14.7 Å². The summed E-state index contributed by atoms with van der Waals surface area (Å²) in [5, 5.41) is 11.7. The number of carboxylic acid groups (broad SMARTS) is 1. The van der Waals surface area contributed by atoms with Crippen LogP contribution in [-0.4, -0.2) is 41.4 Å². The second-order valence-corrected chi connectivity index (χ2v) is 4.36. The van der Waals surface area contributed by atoms with Gasteiger partial charge in [0.15, 0.2) is 11.5 Å². The minimum absolute atomic E-state index is 0.143. The van der Waals surface area contributed by atoms with Crippen molar-refractivity contribution in [3.05, 3.63) is 23.8 Å². The maximum atomic E-state index is 11.3. The minimum atomic E-state index is -1.11. The second-order valence-electron chi connectivity index (χ2n) is 4.36. The normalized spacial score (nSPS) is 19.6. The SMILES string of the molecule is O=C1NCC1N(Cc1ccc2c(c1)OCO2)C(=O)O. The quantitative estimate of drug-likeness (QED) is 0.771. The molecule has 0 bridgehead atoms. The van der Waals surface area contributed by atoms with Crippen LogP contribution in [0.3, 0.4) is 0 Å². The third-order valence-electron chi connectivity index (χ3n) is 3.18. The highest BCUT2D eigenvalue weighted by molar-refractivity contribution is 5.90. The maximum Gasteiger partial charge on any atom is 0.408 e. The van der Waals surface area contributed by atoms with Gasteiger partial charge in [-0.2, -0.15) is 0 Å². The Labute approximate surface area is 108 Å². The molecular formula is C12H12N2O5. The summed E-state index contributed by atoms with van der Waals surface area (Å²) in [6.07, 6.45) is -1.11. The topological polar surface area (TPSA) is 88.1 Å². The van der Waals surface area contributed by atoms with Gasteiger partial charge in [-0.05, 0) is 17.7 Å². The Hall–Kier alpha value is -2.44. The molecule has 0 saturated carbocycles. The van der Waals surface area contributed by atoms with Crippen molar-refractivity contribution in [1.29, 1.82) is 0 Å². The summed E-state index contributed by atoms with van der Waals surface area (Å²) < 4.78 is 10.4. The van der Waals surface area contributed by atoms with Crippen molar-refractivity contribution in [2.75, 3.05) is 13.3 Å². The third-order valence-corrected chi connectivity index (χ3v) is 3.18. The highest BCUT2D eigenvalue weighted by Crippen LogP contribution is 2.33. The molecule has 0 radical (unpaired) electrons. The molecule has 2 amide bonds. The zero-order valence-electron chi connectivity index (χ0n) is 9.96. The number of rotatable bonds is 3. The van der Waals surface area contributed by atoms with Crippen LogP contribution in [0, 0.1) is 0 Å².